The fourth-order valence-corrected chi connectivity index (χ4v) is 1.56. The van der Waals surface area contributed by atoms with Crippen LogP contribution < -0.4 is 5.73 Å². The van der Waals surface area contributed by atoms with E-state index in [0.29, 0.717) is 5.56 Å². The second-order valence-electron chi connectivity index (χ2n) is 4.56. The number of nitrogens with two attached hydrogens (primary N) is 1. The molecule has 3 nitrogen and oxygen atoms in total. The minimum absolute atomic E-state index is 0. The number of alkyl halides is 6. The standard InChI is InChI=1S/C13H13F6NO2.ClH/c14-12(15,16)7-22-11(21)10(20)6-3-8-1-4-9(5-2-8)13(17,18)19;/h1-2,4-5,10H,3,6-7,20H2;1H/t10-;/m0./s1. The van der Waals surface area contributed by atoms with Gasteiger partial charge < -0.3 is 10.5 Å². The summed E-state index contributed by atoms with van der Waals surface area (Å²) in [7, 11) is 0. The molecule has 23 heavy (non-hydrogen) atoms. The number of benzene rings is 1. The second-order valence-corrected chi connectivity index (χ2v) is 4.56. The van der Waals surface area contributed by atoms with Crippen LogP contribution >= 0.6 is 12.4 Å². The predicted molar refractivity (Wildman–Crippen MR) is 72.0 cm³/mol. The molecule has 0 fully saturated rings. The maximum atomic E-state index is 12.3. The molecule has 0 saturated carbocycles. The van der Waals surface area contributed by atoms with Crippen molar-refractivity contribution in [1.29, 1.82) is 0 Å². The van der Waals surface area contributed by atoms with E-state index in [-0.39, 0.29) is 25.2 Å². The summed E-state index contributed by atoms with van der Waals surface area (Å²) in [6.45, 7) is -1.72. The molecule has 0 amide bonds. The third-order valence-electron chi connectivity index (χ3n) is 2.71. The van der Waals surface area contributed by atoms with Crippen LogP contribution in [0, 0.1) is 0 Å². The van der Waals surface area contributed by atoms with E-state index in [9.17, 15) is 31.1 Å². The molecule has 0 aliphatic rings. The van der Waals surface area contributed by atoms with Crippen LogP contribution in [-0.2, 0) is 22.1 Å². The molecule has 1 atom stereocenters. The van der Waals surface area contributed by atoms with Crippen molar-refractivity contribution in [3.05, 3.63) is 35.4 Å². The number of carbonyl (C=O) groups excluding carboxylic acids is 1. The summed E-state index contributed by atoms with van der Waals surface area (Å²) < 4.78 is 76.6. The van der Waals surface area contributed by atoms with Gasteiger partial charge in [-0.15, -0.1) is 12.4 Å². The summed E-state index contributed by atoms with van der Waals surface area (Å²) >= 11 is 0. The molecule has 0 aliphatic carbocycles. The Morgan fingerprint density at radius 1 is 1.09 bits per heavy atom. The van der Waals surface area contributed by atoms with Gasteiger partial charge in [0.2, 0.25) is 0 Å². The van der Waals surface area contributed by atoms with Crippen LogP contribution in [0.2, 0.25) is 0 Å². The molecular weight excluding hydrogens is 352 g/mol. The Labute approximate surface area is 134 Å². The van der Waals surface area contributed by atoms with Gasteiger partial charge in [0.1, 0.15) is 6.04 Å². The molecule has 0 spiro atoms. The van der Waals surface area contributed by atoms with Crippen LogP contribution in [0.3, 0.4) is 0 Å². The molecule has 0 radical (unpaired) electrons. The second kappa shape index (κ2) is 8.39. The highest BCUT2D eigenvalue weighted by Crippen LogP contribution is 2.29. The van der Waals surface area contributed by atoms with E-state index >= 15 is 0 Å². The maximum Gasteiger partial charge on any atom is 0.422 e. The van der Waals surface area contributed by atoms with Crippen LogP contribution in [-0.4, -0.2) is 24.8 Å². The Morgan fingerprint density at radius 2 is 1.61 bits per heavy atom. The highest BCUT2D eigenvalue weighted by Gasteiger charge is 2.31. The largest absolute Gasteiger partial charge is 0.455 e. The summed E-state index contributed by atoms with van der Waals surface area (Å²) in [4.78, 5) is 11.2. The number of rotatable bonds is 5. The average molecular weight is 366 g/mol. The number of halogens is 7. The lowest BCUT2D eigenvalue weighted by Gasteiger charge is -2.13. The zero-order valence-corrected chi connectivity index (χ0v) is 12.4. The van der Waals surface area contributed by atoms with E-state index < -0.39 is 36.5 Å². The summed E-state index contributed by atoms with van der Waals surface area (Å²) in [6, 6.07) is 2.92. The summed E-state index contributed by atoms with van der Waals surface area (Å²) in [6.07, 6.45) is -8.98. The van der Waals surface area contributed by atoms with Crippen LogP contribution in [0.15, 0.2) is 24.3 Å². The number of ether oxygens (including phenoxy) is 1. The van der Waals surface area contributed by atoms with Crippen LogP contribution in [0.25, 0.3) is 0 Å². The number of hydrogen-bond donors (Lipinski definition) is 1. The SMILES string of the molecule is Cl.N[C@@H](CCc1ccc(C(F)(F)F)cc1)C(=O)OCC(F)(F)F. The molecule has 0 bridgehead atoms. The molecule has 1 aromatic carbocycles. The first-order chi connectivity index (χ1) is 9.99. The molecule has 1 aromatic rings. The molecule has 0 heterocycles. The van der Waals surface area contributed by atoms with E-state index in [1.54, 1.807) is 0 Å². The first-order valence-electron chi connectivity index (χ1n) is 6.14. The first kappa shape index (κ1) is 21.5. The summed E-state index contributed by atoms with van der Waals surface area (Å²) in [5.74, 6) is -1.20. The van der Waals surface area contributed by atoms with Crippen molar-refractivity contribution in [3.63, 3.8) is 0 Å². The van der Waals surface area contributed by atoms with Crippen molar-refractivity contribution in [1.82, 2.24) is 0 Å². The van der Waals surface area contributed by atoms with E-state index in [0.717, 1.165) is 12.1 Å². The zero-order valence-electron chi connectivity index (χ0n) is 11.6. The van der Waals surface area contributed by atoms with Gasteiger partial charge in [0.15, 0.2) is 6.61 Å². The monoisotopic (exact) mass is 365 g/mol. The Kier molecular flexibility index (Phi) is 7.85. The molecule has 0 unspecified atom stereocenters. The van der Waals surface area contributed by atoms with Crippen molar-refractivity contribution in [2.75, 3.05) is 6.61 Å². The van der Waals surface area contributed by atoms with Crippen LogP contribution in [0.5, 0.6) is 0 Å². The minimum Gasteiger partial charge on any atom is -0.455 e. The number of esters is 1. The fraction of sp³-hybridized carbons (Fsp3) is 0.462. The quantitative estimate of drug-likeness (QED) is 0.642. The van der Waals surface area contributed by atoms with Gasteiger partial charge in [-0.2, -0.15) is 26.3 Å². The molecule has 132 valence electrons. The molecule has 0 aliphatic heterocycles. The van der Waals surface area contributed by atoms with Crippen LogP contribution in [0.1, 0.15) is 17.5 Å². The zero-order chi connectivity index (χ0) is 17.0. The average Bonchev–Trinajstić information content (AvgIpc) is 2.40. The van der Waals surface area contributed by atoms with Crippen molar-refractivity contribution in [2.45, 2.75) is 31.2 Å². The lowest BCUT2D eigenvalue weighted by Crippen LogP contribution is -2.35. The van der Waals surface area contributed by atoms with Gasteiger partial charge in [-0.05, 0) is 30.5 Å². The van der Waals surface area contributed by atoms with Gasteiger partial charge in [-0.1, -0.05) is 12.1 Å². The van der Waals surface area contributed by atoms with Crippen molar-refractivity contribution in [3.8, 4) is 0 Å². The van der Waals surface area contributed by atoms with Crippen molar-refractivity contribution >= 4 is 18.4 Å². The van der Waals surface area contributed by atoms with Gasteiger partial charge in [0.05, 0.1) is 5.56 Å². The molecule has 0 aromatic heterocycles. The molecular formula is C13H14ClF6NO2. The Bertz CT molecular complexity index is 501. The summed E-state index contributed by atoms with van der Waals surface area (Å²) in [5.41, 5.74) is 5.04. The van der Waals surface area contributed by atoms with E-state index in [2.05, 4.69) is 4.74 Å². The normalized spacial score (nSPS) is 13.2. The fourth-order valence-electron chi connectivity index (χ4n) is 1.56. The van der Waals surface area contributed by atoms with Gasteiger partial charge in [-0.3, -0.25) is 4.79 Å². The Balaban J connectivity index is 0.00000484. The molecule has 0 saturated heterocycles. The third kappa shape index (κ3) is 8.08. The maximum absolute atomic E-state index is 12.3. The summed E-state index contributed by atoms with van der Waals surface area (Å²) in [5, 5.41) is 0. The third-order valence-corrected chi connectivity index (χ3v) is 2.71. The lowest BCUT2D eigenvalue weighted by atomic mass is 10.0. The topological polar surface area (TPSA) is 52.3 Å². The predicted octanol–water partition coefficient (Wildman–Crippen LogP) is 3.49. The van der Waals surface area contributed by atoms with E-state index in [1.807, 2.05) is 0 Å². The van der Waals surface area contributed by atoms with Crippen molar-refractivity contribution in [2.24, 2.45) is 5.73 Å². The number of hydrogen-bond acceptors (Lipinski definition) is 3. The van der Waals surface area contributed by atoms with Gasteiger partial charge in [0.25, 0.3) is 0 Å². The minimum atomic E-state index is -4.64. The highest BCUT2D eigenvalue weighted by atomic mass is 35.5. The Morgan fingerprint density at radius 3 is 2.04 bits per heavy atom. The van der Waals surface area contributed by atoms with E-state index in [4.69, 9.17) is 5.73 Å². The highest BCUT2D eigenvalue weighted by molar-refractivity contribution is 5.85. The van der Waals surface area contributed by atoms with Crippen LogP contribution in [0.4, 0.5) is 26.3 Å². The van der Waals surface area contributed by atoms with Gasteiger partial charge in [-0.25, -0.2) is 0 Å². The number of carbonyl (C=O) groups is 1. The molecule has 2 N–H and O–H groups in total. The Hall–Kier alpha value is -1.48. The number of aryl methyl sites for hydroxylation is 1. The van der Waals surface area contributed by atoms with E-state index in [1.165, 1.54) is 12.1 Å². The molecule has 1 rings (SSSR count). The smallest absolute Gasteiger partial charge is 0.422 e. The van der Waals surface area contributed by atoms with Gasteiger partial charge in [0, 0.05) is 0 Å². The van der Waals surface area contributed by atoms with Gasteiger partial charge >= 0.3 is 18.3 Å². The molecule has 10 heteroatoms. The first-order valence-corrected chi connectivity index (χ1v) is 6.14. The lowest BCUT2D eigenvalue weighted by molar-refractivity contribution is -0.187. The van der Waals surface area contributed by atoms with Crippen molar-refractivity contribution < 1.29 is 35.9 Å².